The number of halogens is 3. The van der Waals surface area contributed by atoms with Gasteiger partial charge in [-0.1, -0.05) is 34.8 Å². The molecule has 0 bridgehead atoms. The van der Waals surface area contributed by atoms with Crippen molar-refractivity contribution in [3.8, 4) is 11.5 Å². The fraction of sp³-hybridized carbons (Fsp3) is 0.222. The Labute approximate surface area is 186 Å². The van der Waals surface area contributed by atoms with Gasteiger partial charge in [0.15, 0.2) is 22.3 Å². The summed E-state index contributed by atoms with van der Waals surface area (Å²) < 4.78 is 12.3. The number of amides is 1. The molecule has 12 heteroatoms. The molecular formula is C18H15Cl3N6O3. The summed E-state index contributed by atoms with van der Waals surface area (Å²) in [7, 11) is 0. The highest BCUT2D eigenvalue weighted by atomic mass is 35.5. The maximum Gasteiger partial charge on any atom is 0.271 e. The molecule has 4 rings (SSSR count). The number of carbonyl (C=O) groups is 1. The Morgan fingerprint density at radius 2 is 2.00 bits per heavy atom. The quantitative estimate of drug-likeness (QED) is 0.505. The van der Waals surface area contributed by atoms with Crippen LogP contribution in [0.5, 0.6) is 11.5 Å². The van der Waals surface area contributed by atoms with Gasteiger partial charge in [-0.2, -0.15) is 0 Å². The summed E-state index contributed by atoms with van der Waals surface area (Å²) in [5.41, 5.74) is 0.752. The zero-order valence-corrected chi connectivity index (χ0v) is 17.6. The van der Waals surface area contributed by atoms with E-state index in [1.54, 1.807) is 29.1 Å². The molecule has 2 N–H and O–H groups in total. The van der Waals surface area contributed by atoms with Gasteiger partial charge in [-0.3, -0.25) is 4.79 Å². The fourth-order valence-corrected chi connectivity index (χ4v) is 3.23. The topological polar surface area (TPSA) is 103 Å². The van der Waals surface area contributed by atoms with Gasteiger partial charge in [0.25, 0.3) is 5.91 Å². The number of aryl methyl sites for hydroxylation is 1. The molecule has 0 saturated carbocycles. The number of rotatable bonds is 7. The van der Waals surface area contributed by atoms with Gasteiger partial charge in [-0.25, -0.2) is 15.0 Å². The molecule has 1 aliphatic rings. The minimum atomic E-state index is -0.411. The first-order chi connectivity index (χ1) is 14.5. The fourth-order valence-electron chi connectivity index (χ4n) is 2.72. The number of ether oxygens (including phenoxy) is 2. The zero-order chi connectivity index (χ0) is 21.1. The number of nitrogens with one attached hydrogen (secondary N) is 2. The minimum Gasteiger partial charge on any atom is -0.454 e. The van der Waals surface area contributed by atoms with Crippen LogP contribution >= 0.6 is 34.8 Å². The average Bonchev–Trinajstić information content (AvgIpc) is 3.33. The molecule has 0 unspecified atom stereocenters. The van der Waals surface area contributed by atoms with Gasteiger partial charge in [0.2, 0.25) is 12.7 Å². The molecular weight excluding hydrogens is 455 g/mol. The van der Waals surface area contributed by atoms with Crippen molar-refractivity contribution in [2.75, 3.05) is 18.7 Å². The number of anilines is 2. The molecule has 1 aromatic carbocycles. The second kappa shape index (κ2) is 8.95. The Bertz CT molecular complexity index is 1090. The molecule has 0 aliphatic carbocycles. The highest BCUT2D eigenvalue weighted by Gasteiger charge is 2.16. The van der Waals surface area contributed by atoms with Crippen LogP contribution in [0.15, 0.2) is 30.7 Å². The van der Waals surface area contributed by atoms with Crippen LogP contribution in [0, 0.1) is 0 Å². The number of nitrogens with zero attached hydrogens (tertiary/aromatic N) is 4. The van der Waals surface area contributed by atoms with Crippen molar-refractivity contribution in [2.24, 2.45) is 0 Å². The van der Waals surface area contributed by atoms with E-state index in [1.165, 1.54) is 6.20 Å². The van der Waals surface area contributed by atoms with E-state index >= 15 is 0 Å². The van der Waals surface area contributed by atoms with E-state index in [9.17, 15) is 4.79 Å². The molecule has 0 saturated heterocycles. The summed E-state index contributed by atoms with van der Waals surface area (Å²) in [4.78, 5) is 24.7. The van der Waals surface area contributed by atoms with Crippen LogP contribution in [0.4, 0.5) is 11.6 Å². The average molecular weight is 470 g/mol. The maximum atomic E-state index is 12.5. The molecule has 30 heavy (non-hydrogen) atoms. The van der Waals surface area contributed by atoms with Crippen LogP contribution in [0.3, 0.4) is 0 Å². The van der Waals surface area contributed by atoms with Gasteiger partial charge in [0, 0.05) is 24.8 Å². The van der Waals surface area contributed by atoms with Crippen LogP contribution in [0.25, 0.3) is 0 Å². The number of fused-ring (bicyclic) bond motifs is 1. The SMILES string of the molecule is O=C(NCCCn1cnc(Cl)c1Cl)c1nc(Nc2ccc3c(c2)OCO3)ncc1Cl. The first-order valence-electron chi connectivity index (χ1n) is 8.85. The predicted molar refractivity (Wildman–Crippen MR) is 112 cm³/mol. The van der Waals surface area contributed by atoms with Gasteiger partial charge >= 0.3 is 0 Å². The maximum absolute atomic E-state index is 12.5. The van der Waals surface area contributed by atoms with Crippen molar-refractivity contribution in [3.05, 3.63) is 51.7 Å². The Kier molecular flexibility index (Phi) is 6.12. The lowest BCUT2D eigenvalue weighted by Crippen LogP contribution is -2.26. The van der Waals surface area contributed by atoms with Crippen molar-refractivity contribution in [1.29, 1.82) is 0 Å². The van der Waals surface area contributed by atoms with E-state index in [1.807, 2.05) is 0 Å². The van der Waals surface area contributed by atoms with Crippen LogP contribution < -0.4 is 20.1 Å². The molecule has 1 aliphatic heterocycles. The largest absolute Gasteiger partial charge is 0.454 e. The highest BCUT2D eigenvalue weighted by molar-refractivity contribution is 6.40. The van der Waals surface area contributed by atoms with Crippen LogP contribution in [-0.4, -0.2) is 38.8 Å². The van der Waals surface area contributed by atoms with Crippen molar-refractivity contribution in [1.82, 2.24) is 24.8 Å². The molecule has 0 spiro atoms. The van der Waals surface area contributed by atoms with Gasteiger partial charge < -0.3 is 24.7 Å². The van der Waals surface area contributed by atoms with Gasteiger partial charge in [0.05, 0.1) is 17.5 Å². The van der Waals surface area contributed by atoms with Gasteiger partial charge in [0.1, 0.15) is 5.15 Å². The zero-order valence-electron chi connectivity index (χ0n) is 15.4. The standard InChI is InChI=1S/C18H15Cl3N6O3/c19-11-7-23-18(25-10-2-3-12-13(6-10)30-9-29-12)26-14(11)17(28)22-4-1-5-27-8-24-15(20)16(27)21/h2-3,6-8H,1,4-5,9H2,(H,22,28)(H,23,25,26). The molecule has 0 radical (unpaired) electrons. The summed E-state index contributed by atoms with van der Waals surface area (Å²) in [6, 6.07) is 5.32. The number of carbonyl (C=O) groups excluding carboxylic acids is 1. The molecule has 0 fully saturated rings. The molecule has 9 nitrogen and oxygen atoms in total. The lowest BCUT2D eigenvalue weighted by molar-refractivity contribution is 0.0948. The first kappa shape index (κ1) is 20.5. The normalized spacial score (nSPS) is 12.1. The Hall–Kier alpha value is -2.75. The molecule has 2 aromatic heterocycles. The Morgan fingerprint density at radius 3 is 2.80 bits per heavy atom. The van der Waals surface area contributed by atoms with Gasteiger partial charge in [-0.15, -0.1) is 0 Å². The number of aromatic nitrogens is 4. The van der Waals surface area contributed by atoms with E-state index in [0.717, 1.165) is 0 Å². The number of imidazole rings is 1. The number of hydrogen-bond acceptors (Lipinski definition) is 7. The summed E-state index contributed by atoms with van der Waals surface area (Å²) in [6.45, 7) is 1.12. The van der Waals surface area contributed by atoms with Crippen LogP contribution in [0.1, 0.15) is 16.9 Å². The molecule has 3 aromatic rings. The molecule has 1 amide bonds. The Balaban J connectivity index is 1.36. The van der Waals surface area contributed by atoms with Crippen LogP contribution in [-0.2, 0) is 6.54 Å². The summed E-state index contributed by atoms with van der Waals surface area (Å²) in [5, 5.41) is 6.55. The predicted octanol–water partition coefficient (Wildman–Crippen LogP) is 3.93. The third-order valence-corrected chi connectivity index (χ3v) is 5.23. The van der Waals surface area contributed by atoms with E-state index in [-0.39, 0.29) is 28.6 Å². The second-order valence-electron chi connectivity index (χ2n) is 6.21. The number of hydrogen-bond donors (Lipinski definition) is 2. The van der Waals surface area contributed by atoms with E-state index < -0.39 is 5.91 Å². The third-order valence-electron chi connectivity index (χ3n) is 4.18. The molecule has 156 valence electrons. The minimum absolute atomic E-state index is 0.0682. The van der Waals surface area contributed by atoms with Crippen molar-refractivity contribution in [2.45, 2.75) is 13.0 Å². The third kappa shape index (κ3) is 4.53. The van der Waals surface area contributed by atoms with Gasteiger partial charge in [-0.05, 0) is 18.6 Å². The monoisotopic (exact) mass is 468 g/mol. The lowest BCUT2D eigenvalue weighted by atomic mass is 10.3. The van der Waals surface area contributed by atoms with Crippen molar-refractivity contribution >= 4 is 52.3 Å². The Morgan fingerprint density at radius 1 is 1.17 bits per heavy atom. The van der Waals surface area contributed by atoms with Crippen molar-refractivity contribution in [3.63, 3.8) is 0 Å². The van der Waals surface area contributed by atoms with E-state index in [2.05, 4.69) is 25.6 Å². The van der Waals surface area contributed by atoms with E-state index in [0.29, 0.717) is 41.8 Å². The summed E-state index contributed by atoms with van der Waals surface area (Å²) in [5.74, 6) is 1.09. The summed E-state index contributed by atoms with van der Waals surface area (Å²) in [6.07, 6.45) is 3.52. The molecule has 0 atom stereocenters. The summed E-state index contributed by atoms with van der Waals surface area (Å²) >= 11 is 17.9. The highest BCUT2D eigenvalue weighted by Crippen LogP contribution is 2.34. The van der Waals surface area contributed by atoms with Crippen molar-refractivity contribution < 1.29 is 14.3 Å². The smallest absolute Gasteiger partial charge is 0.271 e. The lowest BCUT2D eigenvalue weighted by Gasteiger charge is -2.10. The van der Waals surface area contributed by atoms with Crippen LogP contribution in [0.2, 0.25) is 15.3 Å². The van der Waals surface area contributed by atoms with E-state index in [4.69, 9.17) is 44.3 Å². The second-order valence-corrected chi connectivity index (χ2v) is 7.34. The first-order valence-corrected chi connectivity index (χ1v) is 9.98. The number of benzene rings is 1. The molecule has 3 heterocycles.